The average molecular weight is 208 g/mol. The summed E-state index contributed by atoms with van der Waals surface area (Å²) in [7, 11) is 0. The third-order valence-electron chi connectivity index (χ3n) is 3.47. The third-order valence-corrected chi connectivity index (χ3v) is 3.47. The summed E-state index contributed by atoms with van der Waals surface area (Å²) in [5.41, 5.74) is 0. The average Bonchev–Trinajstić information content (AvgIpc) is 2.74. The zero-order valence-electron chi connectivity index (χ0n) is 9.33. The minimum absolute atomic E-state index is 0.194. The molecule has 2 aliphatic rings. The van der Waals surface area contributed by atoms with Gasteiger partial charge >= 0.3 is 0 Å². The van der Waals surface area contributed by atoms with Gasteiger partial charge in [0.15, 0.2) is 0 Å². The van der Waals surface area contributed by atoms with Crippen LogP contribution in [0.25, 0.3) is 0 Å². The highest BCUT2D eigenvalue weighted by atomic mass is 16.1. The maximum absolute atomic E-state index is 11.9. The number of rotatable bonds is 2. The van der Waals surface area contributed by atoms with E-state index in [0.29, 0.717) is 12.1 Å². The Morgan fingerprint density at radius 3 is 2.80 bits per heavy atom. The van der Waals surface area contributed by atoms with E-state index in [9.17, 15) is 4.79 Å². The monoisotopic (exact) mass is 208 g/mol. The summed E-state index contributed by atoms with van der Waals surface area (Å²) in [6.45, 7) is 3.23. The van der Waals surface area contributed by atoms with Crippen LogP contribution < -0.4 is 10.6 Å². The molecule has 2 atom stereocenters. The first kappa shape index (κ1) is 10.7. The summed E-state index contributed by atoms with van der Waals surface area (Å²) in [4.78, 5) is 11.9. The van der Waals surface area contributed by atoms with Crippen LogP contribution in [-0.2, 0) is 4.79 Å². The van der Waals surface area contributed by atoms with Crippen LogP contribution in [0.1, 0.15) is 32.6 Å². The van der Waals surface area contributed by atoms with Gasteiger partial charge in [0, 0.05) is 18.0 Å². The number of hydrogen-bond acceptors (Lipinski definition) is 2. The van der Waals surface area contributed by atoms with Crippen molar-refractivity contribution in [3.63, 3.8) is 0 Å². The lowest BCUT2D eigenvalue weighted by atomic mass is 9.98. The summed E-state index contributed by atoms with van der Waals surface area (Å²) in [5, 5.41) is 6.57. The summed E-state index contributed by atoms with van der Waals surface area (Å²) in [6.07, 6.45) is 8.32. The van der Waals surface area contributed by atoms with Crippen LogP contribution in [0.2, 0.25) is 0 Å². The van der Waals surface area contributed by atoms with Crippen LogP contribution in [0.4, 0.5) is 0 Å². The maximum atomic E-state index is 11.9. The van der Waals surface area contributed by atoms with Gasteiger partial charge in [0.25, 0.3) is 0 Å². The molecule has 15 heavy (non-hydrogen) atoms. The van der Waals surface area contributed by atoms with Crippen molar-refractivity contribution in [2.24, 2.45) is 5.92 Å². The second-order valence-corrected chi connectivity index (χ2v) is 4.64. The Hall–Kier alpha value is -0.830. The van der Waals surface area contributed by atoms with E-state index < -0.39 is 0 Å². The minimum Gasteiger partial charge on any atom is -0.352 e. The predicted molar refractivity (Wildman–Crippen MR) is 60.5 cm³/mol. The standard InChI is InChI=1S/C12H20N2O/c1-9-11(7-4-8-13-9)14-12(15)10-5-2-3-6-10/h2-3,9-11,13H,4-8H2,1H3,(H,14,15). The number of hydrogen-bond donors (Lipinski definition) is 2. The van der Waals surface area contributed by atoms with Crippen LogP contribution in [0.3, 0.4) is 0 Å². The highest BCUT2D eigenvalue weighted by molar-refractivity contribution is 5.79. The minimum atomic E-state index is 0.194. The molecule has 2 rings (SSSR count). The Kier molecular flexibility index (Phi) is 3.41. The first-order valence-electron chi connectivity index (χ1n) is 5.96. The lowest BCUT2D eigenvalue weighted by molar-refractivity contribution is -0.125. The molecule has 1 amide bonds. The van der Waals surface area contributed by atoms with Gasteiger partial charge in [-0.25, -0.2) is 0 Å². The van der Waals surface area contributed by atoms with Crippen molar-refractivity contribution in [3.05, 3.63) is 12.2 Å². The number of piperidine rings is 1. The lowest BCUT2D eigenvalue weighted by Gasteiger charge is -2.31. The van der Waals surface area contributed by atoms with Gasteiger partial charge in [-0.1, -0.05) is 12.2 Å². The van der Waals surface area contributed by atoms with Crippen molar-refractivity contribution in [1.29, 1.82) is 0 Å². The molecule has 0 spiro atoms. The van der Waals surface area contributed by atoms with E-state index in [4.69, 9.17) is 0 Å². The van der Waals surface area contributed by atoms with Crippen LogP contribution in [-0.4, -0.2) is 24.5 Å². The van der Waals surface area contributed by atoms with Gasteiger partial charge in [0.05, 0.1) is 0 Å². The normalized spacial score (nSPS) is 31.8. The highest BCUT2D eigenvalue weighted by Crippen LogP contribution is 2.18. The fraction of sp³-hybridized carbons (Fsp3) is 0.750. The number of amides is 1. The van der Waals surface area contributed by atoms with Crippen LogP contribution in [0, 0.1) is 5.92 Å². The molecule has 0 saturated carbocycles. The van der Waals surface area contributed by atoms with Gasteiger partial charge < -0.3 is 10.6 Å². The molecule has 1 heterocycles. The van der Waals surface area contributed by atoms with Gasteiger partial charge in [-0.3, -0.25) is 4.79 Å². The van der Waals surface area contributed by atoms with Gasteiger partial charge in [0.2, 0.25) is 5.91 Å². The molecular weight excluding hydrogens is 188 g/mol. The zero-order valence-corrected chi connectivity index (χ0v) is 9.33. The molecule has 1 saturated heterocycles. The van der Waals surface area contributed by atoms with E-state index in [-0.39, 0.29) is 11.8 Å². The molecule has 3 nitrogen and oxygen atoms in total. The quantitative estimate of drug-likeness (QED) is 0.670. The molecule has 84 valence electrons. The lowest BCUT2D eigenvalue weighted by Crippen LogP contribution is -2.52. The Bertz CT molecular complexity index is 254. The molecule has 0 aromatic carbocycles. The predicted octanol–water partition coefficient (Wildman–Crippen LogP) is 1.21. The fourth-order valence-corrected chi connectivity index (χ4v) is 2.37. The maximum Gasteiger partial charge on any atom is 0.224 e. The molecule has 0 aromatic heterocycles. The summed E-state index contributed by atoms with van der Waals surface area (Å²) >= 11 is 0. The van der Waals surface area contributed by atoms with Crippen molar-refractivity contribution < 1.29 is 4.79 Å². The van der Waals surface area contributed by atoms with Crippen molar-refractivity contribution in [2.45, 2.75) is 44.7 Å². The summed E-state index contributed by atoms with van der Waals surface area (Å²) < 4.78 is 0. The van der Waals surface area contributed by atoms with E-state index >= 15 is 0 Å². The molecule has 0 radical (unpaired) electrons. The van der Waals surface area contributed by atoms with E-state index in [2.05, 4.69) is 29.7 Å². The first-order valence-corrected chi connectivity index (χ1v) is 5.96. The topological polar surface area (TPSA) is 41.1 Å². The van der Waals surface area contributed by atoms with Gasteiger partial charge in [-0.2, -0.15) is 0 Å². The zero-order chi connectivity index (χ0) is 10.7. The molecule has 1 aliphatic carbocycles. The Morgan fingerprint density at radius 2 is 2.13 bits per heavy atom. The van der Waals surface area contributed by atoms with Gasteiger partial charge in [-0.05, 0) is 39.2 Å². The van der Waals surface area contributed by atoms with E-state index in [1.165, 1.54) is 0 Å². The Labute approximate surface area is 91.3 Å². The largest absolute Gasteiger partial charge is 0.352 e. The van der Waals surface area contributed by atoms with Crippen molar-refractivity contribution >= 4 is 5.91 Å². The molecule has 2 unspecified atom stereocenters. The van der Waals surface area contributed by atoms with Crippen molar-refractivity contribution in [1.82, 2.24) is 10.6 Å². The molecule has 2 N–H and O–H groups in total. The van der Waals surface area contributed by atoms with Crippen molar-refractivity contribution in [3.8, 4) is 0 Å². The molecule has 0 bridgehead atoms. The van der Waals surface area contributed by atoms with E-state index in [1.807, 2.05) is 0 Å². The second kappa shape index (κ2) is 4.79. The molecule has 3 heteroatoms. The second-order valence-electron chi connectivity index (χ2n) is 4.64. The van der Waals surface area contributed by atoms with E-state index in [0.717, 1.165) is 32.2 Å². The van der Waals surface area contributed by atoms with Crippen LogP contribution in [0.15, 0.2) is 12.2 Å². The molecular formula is C12H20N2O. The first-order chi connectivity index (χ1) is 7.27. The van der Waals surface area contributed by atoms with Gasteiger partial charge in [-0.15, -0.1) is 0 Å². The number of nitrogens with one attached hydrogen (secondary N) is 2. The molecule has 0 aromatic rings. The summed E-state index contributed by atoms with van der Waals surface area (Å²) in [5.74, 6) is 0.430. The molecule has 1 fully saturated rings. The third kappa shape index (κ3) is 2.59. The molecule has 1 aliphatic heterocycles. The Balaban J connectivity index is 1.82. The SMILES string of the molecule is CC1NCCCC1NC(=O)C1CC=CC1. The van der Waals surface area contributed by atoms with E-state index in [1.54, 1.807) is 0 Å². The highest BCUT2D eigenvalue weighted by Gasteiger charge is 2.26. The van der Waals surface area contributed by atoms with Gasteiger partial charge in [0.1, 0.15) is 0 Å². The van der Waals surface area contributed by atoms with Crippen LogP contribution >= 0.6 is 0 Å². The fourth-order valence-electron chi connectivity index (χ4n) is 2.37. The smallest absolute Gasteiger partial charge is 0.224 e. The number of carbonyl (C=O) groups is 1. The van der Waals surface area contributed by atoms with Crippen LogP contribution in [0.5, 0.6) is 0 Å². The van der Waals surface area contributed by atoms with Crippen molar-refractivity contribution in [2.75, 3.05) is 6.54 Å². The summed E-state index contributed by atoms with van der Waals surface area (Å²) in [6, 6.07) is 0.740. The Morgan fingerprint density at radius 1 is 1.40 bits per heavy atom. The number of allylic oxidation sites excluding steroid dienone is 2. The number of carbonyl (C=O) groups excluding carboxylic acids is 1.